The summed E-state index contributed by atoms with van der Waals surface area (Å²) in [6, 6.07) is 0. The molecule has 0 spiro atoms. The van der Waals surface area contributed by atoms with Crippen LogP contribution in [0.1, 0.15) is 13.2 Å². The molecule has 188 valence electrons. The zero-order valence-electron chi connectivity index (χ0n) is 16.7. The minimum Gasteiger partial charge on any atom is -0.386 e. The Morgan fingerprint density at radius 1 is 1.26 bits per heavy atom. The number of nitrogens with zero attached hydrogens (tertiary/aromatic N) is 4. The molecule has 7 N–H and O–H groups in total. The maximum atomic E-state index is 15.6. The summed E-state index contributed by atoms with van der Waals surface area (Å²) in [6.45, 7) is 0.984. The van der Waals surface area contributed by atoms with E-state index in [1.54, 1.807) is 5.92 Å². The first-order chi connectivity index (χ1) is 15.5. The Balaban J connectivity index is 1.85. The van der Waals surface area contributed by atoms with Crippen LogP contribution in [0.5, 0.6) is 0 Å². The first kappa shape index (κ1) is 26.8. The Labute approximate surface area is 189 Å². The molecule has 3 rings (SSSR count). The number of imidazole rings is 1. The Morgan fingerprint density at radius 3 is 2.50 bits per heavy atom. The van der Waals surface area contributed by atoms with Gasteiger partial charge in [0.2, 0.25) is 11.6 Å². The summed E-state index contributed by atoms with van der Waals surface area (Å²) in [5.41, 5.74) is 2.70. The summed E-state index contributed by atoms with van der Waals surface area (Å²) in [5, 5.41) is 10.5. The molecule has 17 nitrogen and oxygen atoms in total. The number of aromatic nitrogens is 4. The Kier molecular flexibility index (Phi) is 7.08. The van der Waals surface area contributed by atoms with Gasteiger partial charge in [-0.25, -0.2) is 28.1 Å². The zero-order valence-corrected chi connectivity index (χ0v) is 19.4. The van der Waals surface area contributed by atoms with Gasteiger partial charge in [-0.05, 0) is 6.92 Å². The number of ether oxygens (including phenoxy) is 1. The molecule has 3 unspecified atom stereocenters. The summed E-state index contributed by atoms with van der Waals surface area (Å²) >= 11 is 0. The number of halogens is 1. The lowest BCUT2D eigenvalue weighted by atomic mass is 9.95. The van der Waals surface area contributed by atoms with E-state index < -0.39 is 53.7 Å². The highest BCUT2D eigenvalue weighted by Gasteiger charge is 2.60. The van der Waals surface area contributed by atoms with Crippen molar-refractivity contribution in [3.05, 3.63) is 12.5 Å². The lowest BCUT2D eigenvalue weighted by Gasteiger charge is -2.25. The second-order valence-electron chi connectivity index (χ2n) is 6.80. The molecule has 2 aromatic heterocycles. The number of hydrogen-bond acceptors (Lipinski definition) is 12. The maximum absolute atomic E-state index is 15.6. The fourth-order valence-electron chi connectivity index (χ4n) is 3.08. The van der Waals surface area contributed by atoms with Crippen LogP contribution < -0.4 is 5.73 Å². The zero-order chi connectivity index (χ0) is 25.7. The molecule has 0 amide bonds. The molecule has 0 radical (unpaired) electrons. The SMILES string of the molecule is C#CC1(F)[C@@H](O)[C@@H]([C@H](C)OP(=O)(O)OP(=O)(O)OP(=O)(O)O)O[C@H]1n1cnc2cnc(N)nc21. The van der Waals surface area contributed by atoms with Crippen molar-refractivity contribution in [2.24, 2.45) is 0 Å². The van der Waals surface area contributed by atoms with Crippen LogP contribution in [0.3, 0.4) is 0 Å². The molecule has 2 aromatic rings. The van der Waals surface area contributed by atoms with Gasteiger partial charge in [-0.2, -0.15) is 13.6 Å². The average Bonchev–Trinajstić information content (AvgIpc) is 3.17. The molecule has 1 aliphatic heterocycles. The molecule has 34 heavy (non-hydrogen) atoms. The molecule has 0 saturated carbocycles. The minimum absolute atomic E-state index is 0.0248. The maximum Gasteiger partial charge on any atom is 0.490 e. The van der Waals surface area contributed by atoms with Crippen molar-refractivity contribution in [3.8, 4) is 12.3 Å². The van der Waals surface area contributed by atoms with Crippen LogP contribution in [-0.4, -0.2) is 68.2 Å². The van der Waals surface area contributed by atoms with Crippen LogP contribution >= 0.6 is 23.5 Å². The minimum atomic E-state index is -5.80. The number of terminal acetylenes is 1. The number of aliphatic hydroxyl groups is 1. The van der Waals surface area contributed by atoms with Crippen LogP contribution in [-0.2, 0) is 31.6 Å². The van der Waals surface area contributed by atoms with Gasteiger partial charge in [-0.15, -0.1) is 6.42 Å². The van der Waals surface area contributed by atoms with Crippen LogP contribution in [0, 0.1) is 12.3 Å². The molecule has 1 saturated heterocycles. The van der Waals surface area contributed by atoms with Gasteiger partial charge in [-0.3, -0.25) is 9.09 Å². The summed E-state index contributed by atoms with van der Waals surface area (Å²) in [4.78, 5) is 47.6. The van der Waals surface area contributed by atoms with Gasteiger partial charge >= 0.3 is 23.5 Å². The van der Waals surface area contributed by atoms with E-state index >= 15 is 4.39 Å². The number of anilines is 1. The van der Waals surface area contributed by atoms with Crippen LogP contribution in [0.15, 0.2) is 12.5 Å². The van der Waals surface area contributed by atoms with E-state index in [4.69, 9.17) is 26.7 Å². The van der Waals surface area contributed by atoms with Crippen molar-refractivity contribution in [2.45, 2.75) is 37.1 Å². The number of nitrogens with two attached hydrogens (primary N) is 1. The van der Waals surface area contributed by atoms with E-state index in [1.165, 1.54) is 6.20 Å². The number of nitrogen functional groups attached to an aromatic ring is 1. The van der Waals surface area contributed by atoms with E-state index in [0.717, 1.165) is 17.8 Å². The van der Waals surface area contributed by atoms with Gasteiger partial charge in [0, 0.05) is 0 Å². The first-order valence-electron chi connectivity index (χ1n) is 8.75. The molecule has 7 atom stereocenters. The van der Waals surface area contributed by atoms with Gasteiger partial charge in [0.25, 0.3) is 0 Å². The lowest BCUT2D eigenvalue weighted by Crippen LogP contribution is -2.44. The molecular weight excluding hydrogens is 530 g/mol. The highest BCUT2D eigenvalue weighted by molar-refractivity contribution is 7.66. The van der Waals surface area contributed by atoms with Crippen LogP contribution in [0.4, 0.5) is 10.3 Å². The summed E-state index contributed by atoms with van der Waals surface area (Å²) < 4.78 is 68.1. The lowest BCUT2D eigenvalue weighted by molar-refractivity contribution is -0.0754. The fourth-order valence-corrected chi connectivity index (χ4v) is 6.28. The Bertz CT molecular complexity index is 1280. The smallest absolute Gasteiger partial charge is 0.386 e. The number of alkyl halides is 1. The van der Waals surface area contributed by atoms with Crippen molar-refractivity contribution in [1.82, 2.24) is 19.5 Å². The molecule has 21 heteroatoms. The number of hydrogen-bond donors (Lipinski definition) is 6. The van der Waals surface area contributed by atoms with E-state index in [2.05, 4.69) is 28.1 Å². The van der Waals surface area contributed by atoms with Gasteiger partial charge in [0.1, 0.15) is 17.7 Å². The van der Waals surface area contributed by atoms with Gasteiger partial charge in [0.15, 0.2) is 11.9 Å². The molecule has 1 aliphatic rings. The van der Waals surface area contributed by atoms with E-state index in [9.17, 15) is 28.6 Å². The highest BCUT2D eigenvalue weighted by Crippen LogP contribution is 2.66. The summed E-state index contributed by atoms with van der Waals surface area (Å²) in [7, 11) is -17.0. The third-order valence-corrected chi connectivity index (χ3v) is 8.30. The summed E-state index contributed by atoms with van der Waals surface area (Å²) in [6.07, 6.45) is 0.0279. The van der Waals surface area contributed by atoms with E-state index in [0.29, 0.717) is 0 Å². The van der Waals surface area contributed by atoms with Gasteiger partial charge < -0.3 is 35.2 Å². The van der Waals surface area contributed by atoms with Crippen molar-refractivity contribution >= 4 is 40.6 Å². The summed E-state index contributed by atoms with van der Waals surface area (Å²) in [5.74, 6) is 1.55. The van der Waals surface area contributed by atoms with E-state index in [1.807, 2.05) is 0 Å². The number of rotatable bonds is 8. The van der Waals surface area contributed by atoms with Crippen LogP contribution in [0.25, 0.3) is 11.2 Å². The third kappa shape index (κ3) is 5.52. The highest BCUT2D eigenvalue weighted by atomic mass is 31.3. The monoisotopic (exact) mass is 547 g/mol. The van der Waals surface area contributed by atoms with Crippen molar-refractivity contribution in [3.63, 3.8) is 0 Å². The third-order valence-electron chi connectivity index (χ3n) is 4.37. The van der Waals surface area contributed by atoms with Gasteiger partial charge in [-0.1, -0.05) is 5.92 Å². The van der Waals surface area contributed by atoms with Crippen molar-refractivity contribution in [2.75, 3.05) is 5.73 Å². The second-order valence-corrected chi connectivity index (χ2v) is 11.2. The predicted octanol–water partition coefficient (Wildman–Crippen LogP) is -0.260. The molecule has 3 heterocycles. The Hall–Kier alpha value is -1.83. The number of fused-ring (bicyclic) bond motifs is 1. The molecule has 0 aliphatic carbocycles. The topological polar surface area (TPSA) is 259 Å². The normalized spacial score (nSPS) is 29.9. The first-order valence-corrected chi connectivity index (χ1v) is 13.3. The van der Waals surface area contributed by atoms with Crippen molar-refractivity contribution < 1.29 is 60.6 Å². The fraction of sp³-hybridized carbons (Fsp3) is 0.462. The number of phosphoric acid groups is 3. The predicted molar refractivity (Wildman–Crippen MR) is 107 cm³/mol. The second kappa shape index (κ2) is 8.99. The van der Waals surface area contributed by atoms with Gasteiger partial charge in [0.05, 0.1) is 18.6 Å². The molecule has 0 bridgehead atoms. The Morgan fingerprint density at radius 2 is 1.91 bits per heavy atom. The molecule has 0 aromatic carbocycles. The quantitative estimate of drug-likeness (QED) is 0.184. The van der Waals surface area contributed by atoms with Crippen LogP contribution in [0.2, 0.25) is 0 Å². The van der Waals surface area contributed by atoms with E-state index in [-0.39, 0.29) is 17.1 Å². The largest absolute Gasteiger partial charge is 0.490 e. The standard InChI is InChI=1S/C13H17FN5O12P3/c1-3-13(14)9(20)8(6(2)29-33(24,25)31-34(26,27)30-32(21,22)23)28-11(13)19-5-17-7-4-16-12(15)18-10(7)19/h1,4-6,8-9,11,20H,2H3,(H,24,25)(H,26,27)(H2,15,16,18)(H2,21,22,23)/t6-,8+,9-,11+,13?/m0/s1. The molecule has 1 fully saturated rings. The number of aliphatic hydroxyl groups excluding tert-OH is 1. The number of phosphoric ester groups is 1. The molecular formula is C13H17FN5O12P3. The van der Waals surface area contributed by atoms with Crippen molar-refractivity contribution in [1.29, 1.82) is 0 Å². The average molecular weight is 547 g/mol.